The van der Waals surface area contributed by atoms with Crippen molar-refractivity contribution in [2.75, 3.05) is 4.90 Å². The molecule has 2 aromatic heterocycles. The van der Waals surface area contributed by atoms with Gasteiger partial charge in [0.25, 0.3) is 0 Å². The molecule has 8 aromatic carbocycles. The van der Waals surface area contributed by atoms with Gasteiger partial charge in [0.05, 0.1) is 5.39 Å². The molecule has 4 nitrogen and oxygen atoms in total. The highest BCUT2D eigenvalue weighted by molar-refractivity contribution is 6.17. The third-order valence-electron chi connectivity index (χ3n) is 11.1. The molecule has 10 aromatic rings. The van der Waals surface area contributed by atoms with E-state index >= 15 is 0 Å². The molecule has 0 bridgehead atoms. The molecule has 0 N–H and O–H groups in total. The summed E-state index contributed by atoms with van der Waals surface area (Å²) in [6.45, 7) is 0. The first-order valence-corrected chi connectivity index (χ1v) is 19.5. The Morgan fingerprint density at radius 2 is 1.04 bits per heavy atom. The molecular formula is C53H36N2O2. The SMILES string of the molecule is C1=CC(c2ccc(N(c3ccc(-c4ccc5ccccc5c4)cc3)c3ccc(-c4ccc5oc6ccc7oc(-c8ccccc8)nc7c6c5c4)cc3)cc2)=CCC1. The van der Waals surface area contributed by atoms with Gasteiger partial charge in [0.2, 0.25) is 5.89 Å². The minimum Gasteiger partial charge on any atom is -0.456 e. The molecule has 0 unspecified atom stereocenters. The van der Waals surface area contributed by atoms with E-state index in [0.717, 1.165) is 79.6 Å². The first-order valence-electron chi connectivity index (χ1n) is 19.5. The van der Waals surface area contributed by atoms with Crippen LogP contribution in [0.15, 0.2) is 203 Å². The zero-order valence-corrected chi connectivity index (χ0v) is 31.1. The summed E-state index contributed by atoms with van der Waals surface area (Å²) < 4.78 is 12.5. The first kappa shape index (κ1) is 33.0. The van der Waals surface area contributed by atoms with Crippen LogP contribution in [-0.4, -0.2) is 4.98 Å². The summed E-state index contributed by atoms with van der Waals surface area (Å²) in [5.41, 5.74) is 14.5. The van der Waals surface area contributed by atoms with E-state index in [2.05, 4.69) is 157 Å². The molecular weight excluding hydrogens is 697 g/mol. The number of rotatable bonds is 7. The maximum Gasteiger partial charge on any atom is 0.227 e. The Labute approximate surface area is 330 Å². The largest absolute Gasteiger partial charge is 0.456 e. The van der Waals surface area contributed by atoms with E-state index in [1.165, 1.54) is 33.0 Å². The summed E-state index contributed by atoms with van der Waals surface area (Å²) in [6, 6.07) is 62.2. The number of fused-ring (bicyclic) bond motifs is 6. The number of furan rings is 1. The average Bonchev–Trinajstić information content (AvgIpc) is 3.89. The van der Waals surface area contributed by atoms with Gasteiger partial charge in [-0.25, -0.2) is 4.98 Å². The molecule has 0 saturated carbocycles. The molecule has 0 aliphatic heterocycles. The van der Waals surface area contributed by atoms with Crippen LogP contribution in [-0.2, 0) is 0 Å². The van der Waals surface area contributed by atoms with Crippen LogP contribution >= 0.6 is 0 Å². The fourth-order valence-corrected chi connectivity index (χ4v) is 8.19. The second-order valence-corrected chi connectivity index (χ2v) is 14.7. The summed E-state index contributed by atoms with van der Waals surface area (Å²) in [7, 11) is 0. The summed E-state index contributed by atoms with van der Waals surface area (Å²) >= 11 is 0. The molecule has 0 fully saturated rings. The number of hydrogen-bond acceptors (Lipinski definition) is 4. The van der Waals surface area contributed by atoms with Gasteiger partial charge in [-0.2, -0.15) is 0 Å². The lowest BCUT2D eigenvalue weighted by atomic mass is 9.99. The lowest BCUT2D eigenvalue weighted by Gasteiger charge is -2.26. The fraction of sp³-hybridized carbons (Fsp3) is 0.0377. The second-order valence-electron chi connectivity index (χ2n) is 14.7. The predicted molar refractivity (Wildman–Crippen MR) is 236 cm³/mol. The van der Waals surface area contributed by atoms with Gasteiger partial charge in [-0.3, -0.25) is 0 Å². The molecule has 0 atom stereocenters. The van der Waals surface area contributed by atoms with Gasteiger partial charge in [-0.05, 0) is 136 Å². The van der Waals surface area contributed by atoms with Crippen molar-refractivity contribution in [1.29, 1.82) is 0 Å². The highest BCUT2D eigenvalue weighted by atomic mass is 16.4. The van der Waals surface area contributed by atoms with Gasteiger partial charge >= 0.3 is 0 Å². The fourth-order valence-electron chi connectivity index (χ4n) is 8.19. The number of allylic oxidation sites excluding steroid dienone is 4. The molecule has 2 heterocycles. The lowest BCUT2D eigenvalue weighted by molar-refractivity contribution is 0.619. The number of anilines is 3. The first-order chi connectivity index (χ1) is 28.2. The molecule has 57 heavy (non-hydrogen) atoms. The quantitative estimate of drug-likeness (QED) is 0.164. The van der Waals surface area contributed by atoms with E-state index in [0.29, 0.717) is 5.89 Å². The van der Waals surface area contributed by atoms with E-state index in [1.54, 1.807) is 0 Å². The normalized spacial score (nSPS) is 12.8. The predicted octanol–water partition coefficient (Wildman–Crippen LogP) is 15.1. The smallest absolute Gasteiger partial charge is 0.227 e. The van der Waals surface area contributed by atoms with Crippen molar-refractivity contribution in [2.45, 2.75) is 12.8 Å². The topological polar surface area (TPSA) is 42.4 Å². The van der Waals surface area contributed by atoms with Crippen molar-refractivity contribution in [3.63, 3.8) is 0 Å². The van der Waals surface area contributed by atoms with Crippen molar-refractivity contribution >= 4 is 66.4 Å². The van der Waals surface area contributed by atoms with Gasteiger partial charge in [0.15, 0.2) is 5.58 Å². The van der Waals surface area contributed by atoms with Crippen molar-refractivity contribution in [2.24, 2.45) is 0 Å². The lowest BCUT2D eigenvalue weighted by Crippen LogP contribution is -2.10. The van der Waals surface area contributed by atoms with E-state index in [4.69, 9.17) is 13.8 Å². The number of nitrogens with zero attached hydrogens (tertiary/aromatic N) is 2. The number of benzene rings is 8. The van der Waals surface area contributed by atoms with Gasteiger partial charge in [0, 0.05) is 28.0 Å². The summed E-state index contributed by atoms with van der Waals surface area (Å²) in [5, 5.41) is 4.47. The average molecular weight is 733 g/mol. The minimum absolute atomic E-state index is 0.602. The van der Waals surface area contributed by atoms with Gasteiger partial charge in [-0.15, -0.1) is 0 Å². The van der Waals surface area contributed by atoms with Crippen molar-refractivity contribution in [1.82, 2.24) is 4.98 Å². The van der Waals surface area contributed by atoms with Gasteiger partial charge < -0.3 is 13.7 Å². The molecule has 0 spiro atoms. The van der Waals surface area contributed by atoms with Crippen LogP contribution in [0.2, 0.25) is 0 Å². The minimum atomic E-state index is 0.602. The highest BCUT2D eigenvalue weighted by Gasteiger charge is 2.18. The summed E-state index contributed by atoms with van der Waals surface area (Å²) in [5.74, 6) is 0.602. The Morgan fingerprint density at radius 3 is 1.74 bits per heavy atom. The zero-order valence-electron chi connectivity index (χ0n) is 31.1. The maximum absolute atomic E-state index is 6.32. The molecule has 11 rings (SSSR count). The molecule has 270 valence electrons. The van der Waals surface area contributed by atoms with Gasteiger partial charge in [0.1, 0.15) is 16.7 Å². The number of aromatic nitrogens is 1. The number of oxazole rings is 1. The molecule has 0 saturated heterocycles. The number of hydrogen-bond donors (Lipinski definition) is 0. The highest BCUT2D eigenvalue weighted by Crippen LogP contribution is 2.40. The Bertz CT molecular complexity index is 3150. The van der Waals surface area contributed by atoms with Crippen LogP contribution < -0.4 is 4.90 Å². The van der Waals surface area contributed by atoms with Crippen LogP contribution in [0.1, 0.15) is 18.4 Å². The van der Waals surface area contributed by atoms with E-state index in [1.807, 2.05) is 42.5 Å². The van der Waals surface area contributed by atoms with Crippen LogP contribution in [0.25, 0.3) is 83.1 Å². The molecule has 0 radical (unpaired) electrons. The third kappa shape index (κ3) is 5.99. The Hall–Kier alpha value is -7.43. The maximum atomic E-state index is 6.32. The van der Waals surface area contributed by atoms with E-state index < -0.39 is 0 Å². The Morgan fingerprint density at radius 1 is 0.439 bits per heavy atom. The monoisotopic (exact) mass is 732 g/mol. The van der Waals surface area contributed by atoms with Crippen LogP contribution in [0.3, 0.4) is 0 Å². The van der Waals surface area contributed by atoms with Crippen molar-refractivity contribution in [3.05, 3.63) is 200 Å². The van der Waals surface area contributed by atoms with Crippen molar-refractivity contribution in [3.8, 4) is 33.7 Å². The van der Waals surface area contributed by atoms with E-state index in [-0.39, 0.29) is 0 Å². The molecule has 1 aliphatic rings. The standard InChI is InChI=1S/C53H36N2O2/c1-3-9-35(10-4-1)37-17-24-44(25-18-37)55(45-26-19-38(20-27-45)42-16-15-36-11-7-8-14-41(36)33-42)46-28-21-39(22-29-46)43-23-30-48-47(34-43)51-49(56-48)31-32-50-52(51)54-53(57-50)40-12-5-2-6-13-40/h2-3,5-34H,1,4H2. The Kier molecular flexibility index (Phi) is 7.92. The zero-order chi connectivity index (χ0) is 37.7. The van der Waals surface area contributed by atoms with Crippen LogP contribution in [0.5, 0.6) is 0 Å². The van der Waals surface area contributed by atoms with Crippen molar-refractivity contribution < 1.29 is 8.83 Å². The second kappa shape index (κ2) is 13.7. The summed E-state index contributed by atoms with van der Waals surface area (Å²) in [4.78, 5) is 7.29. The van der Waals surface area contributed by atoms with Crippen LogP contribution in [0.4, 0.5) is 17.1 Å². The summed E-state index contributed by atoms with van der Waals surface area (Å²) in [6.07, 6.45) is 9.02. The Balaban J connectivity index is 0.962. The molecule has 4 heteroatoms. The van der Waals surface area contributed by atoms with Gasteiger partial charge in [-0.1, -0.05) is 115 Å². The third-order valence-corrected chi connectivity index (χ3v) is 11.1. The molecule has 1 aliphatic carbocycles. The molecule has 0 amide bonds. The van der Waals surface area contributed by atoms with Crippen LogP contribution in [0, 0.1) is 0 Å². The van der Waals surface area contributed by atoms with E-state index in [9.17, 15) is 0 Å².